The van der Waals surface area contributed by atoms with Gasteiger partial charge in [-0.05, 0) is 61.6 Å². The van der Waals surface area contributed by atoms with E-state index in [9.17, 15) is 4.79 Å². The first kappa shape index (κ1) is 20.3. The first-order valence-electron chi connectivity index (χ1n) is 11.1. The summed E-state index contributed by atoms with van der Waals surface area (Å²) in [4.78, 5) is 23.3. The van der Waals surface area contributed by atoms with Gasteiger partial charge in [-0.15, -0.1) is 0 Å². The molecule has 1 fully saturated rings. The van der Waals surface area contributed by atoms with E-state index in [0.717, 1.165) is 54.1 Å². The Balaban J connectivity index is 1.30. The molecule has 1 aliphatic heterocycles. The largest absolute Gasteiger partial charge is 0.497 e. The molecule has 0 radical (unpaired) electrons. The van der Waals surface area contributed by atoms with Crippen LogP contribution in [0.2, 0.25) is 0 Å². The minimum absolute atomic E-state index is 0.0775. The lowest BCUT2D eigenvalue weighted by atomic mass is 9.89. The molecule has 5 heteroatoms. The summed E-state index contributed by atoms with van der Waals surface area (Å²) in [6.07, 6.45) is 4.01. The third-order valence-corrected chi connectivity index (χ3v) is 6.53. The molecular formula is C27H27N3O2. The van der Waals surface area contributed by atoms with E-state index in [2.05, 4.69) is 23.3 Å². The van der Waals surface area contributed by atoms with Crippen molar-refractivity contribution in [3.63, 3.8) is 0 Å². The van der Waals surface area contributed by atoms with Crippen LogP contribution < -0.4 is 4.74 Å². The Hall–Kier alpha value is -3.60. The molecule has 4 aromatic rings. The number of carbonyl (C=O) groups is 1. The number of carbonyl (C=O) groups excluding carboxylic acids is 1. The number of benzene rings is 2. The van der Waals surface area contributed by atoms with Gasteiger partial charge >= 0.3 is 0 Å². The molecule has 0 spiro atoms. The van der Waals surface area contributed by atoms with Gasteiger partial charge in [-0.2, -0.15) is 0 Å². The third-order valence-electron chi connectivity index (χ3n) is 6.53. The summed E-state index contributed by atoms with van der Waals surface area (Å²) in [5.41, 5.74) is 5.87. The molecular weight excluding hydrogens is 398 g/mol. The van der Waals surface area contributed by atoms with E-state index in [-0.39, 0.29) is 5.91 Å². The summed E-state index contributed by atoms with van der Waals surface area (Å²) in [7, 11) is 1.70. The zero-order chi connectivity index (χ0) is 22.1. The fourth-order valence-electron chi connectivity index (χ4n) is 4.71. The lowest BCUT2D eigenvalue weighted by Crippen LogP contribution is -2.38. The topological polar surface area (TPSA) is 58.2 Å². The Morgan fingerprint density at radius 3 is 2.56 bits per heavy atom. The quantitative estimate of drug-likeness (QED) is 0.465. The molecule has 162 valence electrons. The minimum Gasteiger partial charge on any atom is -0.497 e. The molecule has 1 N–H and O–H groups in total. The number of hydrogen-bond donors (Lipinski definition) is 1. The summed E-state index contributed by atoms with van der Waals surface area (Å²) in [5, 5.41) is 1.21. The van der Waals surface area contributed by atoms with Crippen LogP contribution in [0, 0.1) is 6.92 Å². The van der Waals surface area contributed by atoms with E-state index >= 15 is 0 Å². The Labute approximate surface area is 188 Å². The number of rotatable bonds is 4. The maximum Gasteiger partial charge on any atom is 0.255 e. The number of likely N-dealkylation sites (tertiary alicyclic amines) is 1. The van der Waals surface area contributed by atoms with Crippen molar-refractivity contribution < 1.29 is 9.53 Å². The number of amides is 1. The molecule has 0 saturated carbocycles. The summed E-state index contributed by atoms with van der Waals surface area (Å²) >= 11 is 0. The number of piperidine rings is 1. The summed E-state index contributed by atoms with van der Waals surface area (Å²) in [6.45, 7) is 3.42. The van der Waals surface area contributed by atoms with Crippen molar-refractivity contribution in [3.8, 4) is 17.0 Å². The van der Waals surface area contributed by atoms with Gasteiger partial charge in [0.1, 0.15) is 5.75 Å². The number of fused-ring (bicyclic) bond motifs is 1. The standard InChI is InChI=1S/C27H27N3O2/c1-18-22(9-11-25(29-18)20-6-4-3-5-7-20)27(31)30-14-12-19(13-15-30)24-17-28-26-10-8-21(32-2)16-23(24)26/h3-11,16-17,19,28H,12-15H2,1-2H3. The molecule has 0 unspecified atom stereocenters. The number of aromatic amines is 1. The Kier molecular flexibility index (Phi) is 5.39. The SMILES string of the molecule is COc1ccc2[nH]cc(C3CCN(C(=O)c4ccc(-c5ccccc5)nc4C)CC3)c2c1. The average molecular weight is 426 g/mol. The molecule has 5 nitrogen and oxygen atoms in total. The van der Waals surface area contributed by atoms with Gasteiger partial charge in [0.2, 0.25) is 0 Å². The highest BCUT2D eigenvalue weighted by molar-refractivity contribution is 5.95. The summed E-state index contributed by atoms with van der Waals surface area (Å²) in [5.74, 6) is 1.38. The maximum atomic E-state index is 13.2. The van der Waals surface area contributed by atoms with E-state index in [0.29, 0.717) is 11.5 Å². The van der Waals surface area contributed by atoms with Gasteiger partial charge in [0.05, 0.1) is 24.1 Å². The van der Waals surface area contributed by atoms with E-state index in [4.69, 9.17) is 9.72 Å². The fourth-order valence-corrected chi connectivity index (χ4v) is 4.71. The highest BCUT2D eigenvalue weighted by Crippen LogP contribution is 2.35. The fraction of sp³-hybridized carbons (Fsp3) is 0.259. The lowest BCUT2D eigenvalue weighted by molar-refractivity contribution is 0.0712. The Morgan fingerprint density at radius 1 is 1.06 bits per heavy atom. The van der Waals surface area contributed by atoms with E-state index < -0.39 is 0 Å². The first-order valence-corrected chi connectivity index (χ1v) is 11.1. The number of nitrogens with one attached hydrogen (secondary N) is 1. The van der Waals surface area contributed by atoms with Crippen LogP contribution in [-0.2, 0) is 0 Å². The minimum atomic E-state index is 0.0775. The van der Waals surface area contributed by atoms with Crippen molar-refractivity contribution in [1.29, 1.82) is 0 Å². The van der Waals surface area contributed by atoms with Crippen LogP contribution in [0.25, 0.3) is 22.2 Å². The zero-order valence-corrected chi connectivity index (χ0v) is 18.5. The number of ether oxygens (including phenoxy) is 1. The molecule has 0 bridgehead atoms. The van der Waals surface area contributed by atoms with Crippen molar-refractivity contribution in [3.05, 3.63) is 83.7 Å². The number of nitrogens with zero attached hydrogens (tertiary/aromatic N) is 2. The molecule has 0 atom stereocenters. The van der Waals surface area contributed by atoms with Crippen molar-refractivity contribution in [2.45, 2.75) is 25.7 Å². The molecule has 0 aliphatic carbocycles. The summed E-state index contributed by atoms with van der Waals surface area (Å²) in [6, 6.07) is 20.1. The number of hydrogen-bond acceptors (Lipinski definition) is 3. The van der Waals surface area contributed by atoms with Crippen molar-refractivity contribution in [2.75, 3.05) is 20.2 Å². The number of aryl methyl sites for hydroxylation is 1. The average Bonchev–Trinajstić information content (AvgIpc) is 3.27. The highest BCUT2D eigenvalue weighted by atomic mass is 16.5. The Morgan fingerprint density at radius 2 is 1.84 bits per heavy atom. The van der Waals surface area contributed by atoms with Crippen LogP contribution in [-0.4, -0.2) is 41.0 Å². The normalized spacial score (nSPS) is 14.6. The van der Waals surface area contributed by atoms with Crippen LogP contribution >= 0.6 is 0 Å². The van der Waals surface area contributed by atoms with Gasteiger partial charge in [0.15, 0.2) is 0 Å². The first-order chi connectivity index (χ1) is 15.6. The molecule has 2 aromatic heterocycles. The number of pyridine rings is 1. The van der Waals surface area contributed by atoms with E-state index in [1.54, 1.807) is 7.11 Å². The second kappa shape index (κ2) is 8.50. The van der Waals surface area contributed by atoms with Crippen LogP contribution in [0.5, 0.6) is 5.75 Å². The lowest BCUT2D eigenvalue weighted by Gasteiger charge is -2.32. The van der Waals surface area contributed by atoms with Gasteiger partial charge in [0.25, 0.3) is 5.91 Å². The summed E-state index contributed by atoms with van der Waals surface area (Å²) < 4.78 is 5.41. The maximum absolute atomic E-state index is 13.2. The monoisotopic (exact) mass is 425 g/mol. The number of H-pyrrole nitrogens is 1. The molecule has 1 aliphatic rings. The van der Waals surface area contributed by atoms with Gasteiger partial charge in [0, 0.05) is 35.8 Å². The highest BCUT2D eigenvalue weighted by Gasteiger charge is 2.27. The predicted molar refractivity (Wildman–Crippen MR) is 127 cm³/mol. The number of aromatic nitrogens is 2. The predicted octanol–water partition coefficient (Wildman–Crippen LogP) is 5.57. The Bertz CT molecular complexity index is 1250. The molecule has 2 aromatic carbocycles. The van der Waals surface area contributed by atoms with Gasteiger partial charge in [-0.25, -0.2) is 0 Å². The van der Waals surface area contributed by atoms with Crippen LogP contribution in [0.1, 0.15) is 40.4 Å². The molecule has 32 heavy (non-hydrogen) atoms. The van der Waals surface area contributed by atoms with Crippen molar-refractivity contribution in [2.24, 2.45) is 0 Å². The van der Waals surface area contributed by atoms with Gasteiger partial charge < -0.3 is 14.6 Å². The smallest absolute Gasteiger partial charge is 0.255 e. The van der Waals surface area contributed by atoms with Gasteiger partial charge in [-0.3, -0.25) is 9.78 Å². The second-order valence-corrected chi connectivity index (χ2v) is 8.42. The van der Waals surface area contributed by atoms with Crippen LogP contribution in [0.15, 0.2) is 66.9 Å². The zero-order valence-electron chi connectivity index (χ0n) is 18.5. The third kappa shape index (κ3) is 3.75. The van der Waals surface area contributed by atoms with Crippen LogP contribution in [0.4, 0.5) is 0 Å². The second-order valence-electron chi connectivity index (χ2n) is 8.42. The number of methoxy groups -OCH3 is 1. The van der Waals surface area contributed by atoms with E-state index in [1.807, 2.05) is 60.4 Å². The molecule has 3 heterocycles. The van der Waals surface area contributed by atoms with Crippen molar-refractivity contribution >= 4 is 16.8 Å². The van der Waals surface area contributed by atoms with Crippen LogP contribution in [0.3, 0.4) is 0 Å². The van der Waals surface area contributed by atoms with Gasteiger partial charge in [-0.1, -0.05) is 30.3 Å². The van der Waals surface area contributed by atoms with Crippen molar-refractivity contribution in [1.82, 2.24) is 14.9 Å². The molecule has 5 rings (SSSR count). The van der Waals surface area contributed by atoms with E-state index in [1.165, 1.54) is 10.9 Å². The molecule has 1 amide bonds. The molecule has 1 saturated heterocycles.